The Morgan fingerprint density at radius 3 is 2.46 bits per heavy atom. The molecule has 1 aromatic carbocycles. The van der Waals surface area contributed by atoms with Gasteiger partial charge in [0, 0.05) is 29.4 Å². The molecule has 3 aromatic rings. The number of hydrogen-bond acceptors (Lipinski definition) is 5. The van der Waals surface area contributed by atoms with Crippen molar-refractivity contribution in [3.8, 4) is 22.8 Å². The molecule has 0 spiro atoms. The number of hydrogen-bond donors (Lipinski definition) is 1. The van der Waals surface area contributed by atoms with E-state index in [0.717, 1.165) is 40.5 Å². The Labute approximate surface area is 154 Å². The van der Waals surface area contributed by atoms with Crippen molar-refractivity contribution >= 4 is 11.5 Å². The summed E-state index contributed by atoms with van der Waals surface area (Å²) in [5.41, 5.74) is 4.72. The van der Waals surface area contributed by atoms with Gasteiger partial charge >= 0.3 is 0 Å². The number of fused-ring (bicyclic) bond motifs is 1. The molecule has 0 atom stereocenters. The zero-order valence-electron chi connectivity index (χ0n) is 16.3. The van der Waals surface area contributed by atoms with Gasteiger partial charge in [0.25, 0.3) is 0 Å². The van der Waals surface area contributed by atoms with Crippen LogP contribution in [0.3, 0.4) is 0 Å². The van der Waals surface area contributed by atoms with Crippen LogP contribution in [0.4, 0.5) is 5.82 Å². The van der Waals surface area contributed by atoms with Crippen molar-refractivity contribution < 1.29 is 9.47 Å². The van der Waals surface area contributed by atoms with Gasteiger partial charge in [-0.3, -0.25) is 0 Å². The maximum atomic E-state index is 5.43. The van der Waals surface area contributed by atoms with Crippen LogP contribution in [0, 0.1) is 19.8 Å². The largest absolute Gasteiger partial charge is 0.493 e. The molecule has 6 nitrogen and oxygen atoms in total. The molecule has 26 heavy (non-hydrogen) atoms. The van der Waals surface area contributed by atoms with Crippen molar-refractivity contribution in [2.24, 2.45) is 5.92 Å². The van der Waals surface area contributed by atoms with Gasteiger partial charge in [-0.25, -0.2) is 4.98 Å². The van der Waals surface area contributed by atoms with Crippen LogP contribution in [0.15, 0.2) is 24.3 Å². The number of aryl methyl sites for hydroxylation is 2. The molecule has 0 bridgehead atoms. The Kier molecular flexibility index (Phi) is 5.02. The van der Waals surface area contributed by atoms with E-state index in [2.05, 4.69) is 24.1 Å². The lowest BCUT2D eigenvalue weighted by Crippen LogP contribution is -2.12. The highest BCUT2D eigenvalue weighted by molar-refractivity contribution is 5.73. The zero-order chi connectivity index (χ0) is 18.8. The number of ether oxygens (including phenoxy) is 2. The molecular weight excluding hydrogens is 328 g/mol. The first-order valence-electron chi connectivity index (χ1n) is 8.77. The number of rotatable bonds is 6. The van der Waals surface area contributed by atoms with E-state index in [0.29, 0.717) is 17.4 Å². The molecule has 2 aromatic heterocycles. The van der Waals surface area contributed by atoms with Gasteiger partial charge < -0.3 is 14.8 Å². The Morgan fingerprint density at radius 1 is 1.08 bits per heavy atom. The summed E-state index contributed by atoms with van der Waals surface area (Å²) in [4.78, 5) is 4.69. The van der Waals surface area contributed by atoms with Crippen LogP contribution < -0.4 is 14.8 Å². The average molecular weight is 354 g/mol. The molecule has 0 unspecified atom stereocenters. The van der Waals surface area contributed by atoms with E-state index in [4.69, 9.17) is 14.6 Å². The summed E-state index contributed by atoms with van der Waals surface area (Å²) in [5.74, 6) is 2.88. The number of nitrogens with one attached hydrogen (secondary N) is 1. The van der Waals surface area contributed by atoms with E-state index in [9.17, 15) is 0 Å². The fraction of sp³-hybridized carbons (Fsp3) is 0.400. The summed E-state index contributed by atoms with van der Waals surface area (Å²) in [7, 11) is 3.27. The topological polar surface area (TPSA) is 60.7 Å². The minimum Gasteiger partial charge on any atom is -0.493 e. The minimum absolute atomic E-state index is 0.542. The van der Waals surface area contributed by atoms with Gasteiger partial charge in [-0.15, -0.1) is 0 Å². The summed E-state index contributed by atoms with van der Waals surface area (Å²) in [6, 6.07) is 7.86. The van der Waals surface area contributed by atoms with Crippen LogP contribution in [0.1, 0.15) is 25.1 Å². The predicted molar refractivity (Wildman–Crippen MR) is 104 cm³/mol. The molecular formula is C20H26N4O2. The third-order valence-electron chi connectivity index (χ3n) is 4.30. The van der Waals surface area contributed by atoms with Crippen LogP contribution in [0.25, 0.3) is 16.9 Å². The monoisotopic (exact) mass is 354 g/mol. The van der Waals surface area contributed by atoms with Gasteiger partial charge in [-0.1, -0.05) is 13.8 Å². The second-order valence-electron chi connectivity index (χ2n) is 6.84. The lowest BCUT2D eigenvalue weighted by molar-refractivity contribution is 0.355. The van der Waals surface area contributed by atoms with E-state index in [1.807, 2.05) is 42.6 Å². The molecule has 0 radical (unpaired) electrons. The predicted octanol–water partition coefficient (Wildman–Crippen LogP) is 4.10. The van der Waals surface area contributed by atoms with Crippen LogP contribution in [0.2, 0.25) is 0 Å². The van der Waals surface area contributed by atoms with Crippen molar-refractivity contribution in [1.82, 2.24) is 14.6 Å². The fourth-order valence-corrected chi connectivity index (χ4v) is 2.94. The van der Waals surface area contributed by atoms with E-state index in [1.165, 1.54) is 0 Å². The SMILES string of the molecule is COc1ccc(-c2nn3c(NCC(C)C)cc(C)nc3c2C)cc1OC. The van der Waals surface area contributed by atoms with Gasteiger partial charge in [0.1, 0.15) is 5.82 Å². The summed E-state index contributed by atoms with van der Waals surface area (Å²) in [6.45, 7) is 9.29. The summed E-state index contributed by atoms with van der Waals surface area (Å²) >= 11 is 0. The maximum absolute atomic E-state index is 5.43. The van der Waals surface area contributed by atoms with E-state index >= 15 is 0 Å². The van der Waals surface area contributed by atoms with Crippen molar-refractivity contribution in [3.63, 3.8) is 0 Å². The molecule has 0 fully saturated rings. The number of anilines is 1. The molecule has 6 heteroatoms. The van der Waals surface area contributed by atoms with Crippen molar-refractivity contribution in [3.05, 3.63) is 35.5 Å². The van der Waals surface area contributed by atoms with Crippen molar-refractivity contribution in [2.45, 2.75) is 27.7 Å². The molecule has 2 heterocycles. The maximum Gasteiger partial charge on any atom is 0.161 e. The van der Waals surface area contributed by atoms with Crippen LogP contribution >= 0.6 is 0 Å². The van der Waals surface area contributed by atoms with Crippen molar-refractivity contribution in [2.75, 3.05) is 26.1 Å². The standard InChI is InChI=1S/C20H26N4O2/c1-12(2)11-21-18-9-13(3)22-20-14(4)19(23-24(18)20)15-7-8-16(25-5)17(10-15)26-6/h7-10,12,21H,11H2,1-6H3. The Hall–Kier alpha value is -2.76. The number of aromatic nitrogens is 3. The molecule has 0 aliphatic heterocycles. The van der Waals surface area contributed by atoms with E-state index in [-0.39, 0.29) is 0 Å². The molecule has 138 valence electrons. The molecule has 3 rings (SSSR count). The normalized spacial score (nSPS) is 11.2. The van der Waals surface area contributed by atoms with Crippen LogP contribution in [-0.4, -0.2) is 35.4 Å². The highest BCUT2D eigenvalue weighted by Gasteiger charge is 2.17. The minimum atomic E-state index is 0.542. The Bertz CT molecular complexity index is 931. The van der Waals surface area contributed by atoms with Crippen LogP contribution in [0.5, 0.6) is 11.5 Å². The summed E-state index contributed by atoms with van der Waals surface area (Å²) < 4.78 is 12.7. The molecule has 0 aliphatic carbocycles. The molecule has 0 saturated carbocycles. The van der Waals surface area contributed by atoms with E-state index in [1.54, 1.807) is 14.2 Å². The first-order valence-corrected chi connectivity index (χ1v) is 8.77. The smallest absolute Gasteiger partial charge is 0.161 e. The average Bonchev–Trinajstić information content (AvgIpc) is 2.96. The summed E-state index contributed by atoms with van der Waals surface area (Å²) in [5, 5.41) is 8.30. The van der Waals surface area contributed by atoms with E-state index < -0.39 is 0 Å². The van der Waals surface area contributed by atoms with Crippen molar-refractivity contribution in [1.29, 1.82) is 0 Å². The molecule has 0 aliphatic rings. The quantitative estimate of drug-likeness (QED) is 0.722. The molecule has 0 amide bonds. The van der Waals surface area contributed by atoms with Gasteiger partial charge in [-0.2, -0.15) is 9.61 Å². The zero-order valence-corrected chi connectivity index (χ0v) is 16.3. The lowest BCUT2D eigenvalue weighted by atomic mass is 10.1. The van der Waals surface area contributed by atoms with Gasteiger partial charge in [-0.05, 0) is 38.0 Å². The highest BCUT2D eigenvalue weighted by atomic mass is 16.5. The highest BCUT2D eigenvalue weighted by Crippen LogP contribution is 2.34. The Balaban J connectivity index is 2.13. The lowest BCUT2D eigenvalue weighted by Gasteiger charge is -2.11. The first-order chi connectivity index (χ1) is 12.4. The number of methoxy groups -OCH3 is 2. The van der Waals surface area contributed by atoms with Gasteiger partial charge in [0.15, 0.2) is 17.1 Å². The number of nitrogens with zero attached hydrogens (tertiary/aromatic N) is 3. The second kappa shape index (κ2) is 7.23. The third-order valence-corrected chi connectivity index (χ3v) is 4.30. The molecule has 0 saturated heterocycles. The summed E-state index contributed by atoms with van der Waals surface area (Å²) in [6.07, 6.45) is 0. The third kappa shape index (κ3) is 3.31. The fourth-order valence-electron chi connectivity index (χ4n) is 2.94. The molecule has 1 N–H and O–H groups in total. The Morgan fingerprint density at radius 2 is 1.81 bits per heavy atom. The van der Waals surface area contributed by atoms with Crippen LogP contribution in [-0.2, 0) is 0 Å². The second-order valence-corrected chi connectivity index (χ2v) is 6.84. The number of benzene rings is 1. The first kappa shape index (κ1) is 18.0. The van der Waals surface area contributed by atoms with Gasteiger partial charge in [0.05, 0.1) is 19.9 Å². The van der Waals surface area contributed by atoms with Gasteiger partial charge in [0.2, 0.25) is 0 Å².